The second-order valence-corrected chi connectivity index (χ2v) is 9.09. The molecule has 0 saturated carbocycles. The summed E-state index contributed by atoms with van der Waals surface area (Å²) in [7, 11) is -3.38. The van der Waals surface area contributed by atoms with Crippen LogP contribution in [0.5, 0.6) is 0 Å². The van der Waals surface area contributed by atoms with Crippen molar-refractivity contribution in [3.8, 4) is 0 Å². The van der Waals surface area contributed by atoms with Gasteiger partial charge in [0.2, 0.25) is 15.0 Å². The SMILES string of the molecule is CCN(CCn1cccn1)Cc1cnc(S(C)(=O)=O)n1CCCc1ccccc1. The van der Waals surface area contributed by atoms with Crippen LogP contribution in [0.15, 0.2) is 60.1 Å². The number of hydrogen-bond donors (Lipinski definition) is 0. The van der Waals surface area contributed by atoms with Crippen molar-refractivity contribution >= 4 is 9.84 Å². The molecule has 1 aromatic carbocycles. The van der Waals surface area contributed by atoms with E-state index in [1.807, 2.05) is 39.7 Å². The fraction of sp³-hybridized carbons (Fsp3) is 0.429. The van der Waals surface area contributed by atoms with Crippen LogP contribution in [-0.4, -0.2) is 52.0 Å². The summed E-state index contributed by atoms with van der Waals surface area (Å²) in [5.41, 5.74) is 2.19. The molecule has 0 unspecified atom stereocenters. The van der Waals surface area contributed by atoms with E-state index in [0.29, 0.717) is 13.1 Å². The standard InChI is InChI=1S/C21H29N5O2S/c1-3-24(15-16-25-13-8-12-23-25)18-20-17-22-21(29(2,27)28)26(20)14-7-11-19-9-5-4-6-10-19/h4-6,8-10,12-13,17H,3,7,11,14-16,18H2,1-2H3. The number of nitrogens with zero attached hydrogens (tertiary/aromatic N) is 5. The predicted molar refractivity (Wildman–Crippen MR) is 113 cm³/mol. The summed E-state index contributed by atoms with van der Waals surface area (Å²) >= 11 is 0. The number of benzene rings is 1. The maximum atomic E-state index is 12.2. The van der Waals surface area contributed by atoms with E-state index < -0.39 is 9.84 Å². The van der Waals surface area contributed by atoms with E-state index in [1.54, 1.807) is 12.4 Å². The Hall–Kier alpha value is -2.45. The smallest absolute Gasteiger partial charge is 0.227 e. The third kappa shape index (κ3) is 6.01. The van der Waals surface area contributed by atoms with Crippen LogP contribution in [-0.2, 0) is 35.9 Å². The van der Waals surface area contributed by atoms with Gasteiger partial charge in [-0.1, -0.05) is 37.3 Å². The quantitative estimate of drug-likeness (QED) is 0.481. The maximum Gasteiger partial charge on any atom is 0.227 e. The molecule has 0 saturated heterocycles. The van der Waals surface area contributed by atoms with Crippen LogP contribution >= 0.6 is 0 Å². The van der Waals surface area contributed by atoms with Crippen molar-refractivity contribution in [3.63, 3.8) is 0 Å². The molecule has 2 aromatic heterocycles. The Morgan fingerprint density at radius 3 is 2.55 bits per heavy atom. The highest BCUT2D eigenvalue weighted by Crippen LogP contribution is 2.16. The Balaban J connectivity index is 1.70. The van der Waals surface area contributed by atoms with Crippen LogP contribution < -0.4 is 0 Å². The van der Waals surface area contributed by atoms with Crippen LogP contribution in [0, 0.1) is 0 Å². The van der Waals surface area contributed by atoms with Crippen molar-refractivity contribution in [1.82, 2.24) is 24.2 Å². The topological polar surface area (TPSA) is 73.0 Å². The molecule has 0 spiro atoms. The van der Waals surface area contributed by atoms with Gasteiger partial charge in [-0.3, -0.25) is 9.58 Å². The molecule has 8 heteroatoms. The highest BCUT2D eigenvalue weighted by molar-refractivity contribution is 7.90. The zero-order chi connectivity index (χ0) is 20.7. The van der Waals surface area contributed by atoms with Gasteiger partial charge in [0.1, 0.15) is 0 Å². The fourth-order valence-electron chi connectivity index (χ4n) is 3.39. The van der Waals surface area contributed by atoms with Gasteiger partial charge >= 0.3 is 0 Å². The van der Waals surface area contributed by atoms with Gasteiger partial charge in [0.25, 0.3) is 0 Å². The lowest BCUT2D eigenvalue weighted by atomic mass is 10.1. The molecule has 0 amide bonds. The summed E-state index contributed by atoms with van der Waals surface area (Å²) in [6.45, 7) is 5.89. The average molecular weight is 416 g/mol. The Labute approximate surface area is 172 Å². The van der Waals surface area contributed by atoms with Gasteiger partial charge in [-0.25, -0.2) is 13.4 Å². The molecule has 3 rings (SSSR count). The number of sulfone groups is 1. The Bertz CT molecular complexity index is 982. The van der Waals surface area contributed by atoms with E-state index >= 15 is 0 Å². The van der Waals surface area contributed by atoms with Crippen molar-refractivity contribution in [3.05, 3.63) is 66.2 Å². The van der Waals surface area contributed by atoms with E-state index in [9.17, 15) is 8.42 Å². The van der Waals surface area contributed by atoms with E-state index in [4.69, 9.17) is 0 Å². The highest BCUT2D eigenvalue weighted by Gasteiger charge is 2.19. The number of aryl methyl sites for hydroxylation is 1. The Morgan fingerprint density at radius 2 is 1.90 bits per heavy atom. The number of rotatable bonds is 11. The molecule has 0 fully saturated rings. The van der Waals surface area contributed by atoms with Gasteiger partial charge < -0.3 is 4.57 Å². The van der Waals surface area contributed by atoms with Crippen LogP contribution in [0.4, 0.5) is 0 Å². The summed E-state index contributed by atoms with van der Waals surface area (Å²) in [6.07, 6.45) is 8.41. The molecule has 7 nitrogen and oxygen atoms in total. The first-order valence-electron chi connectivity index (χ1n) is 9.95. The molecular weight excluding hydrogens is 386 g/mol. The summed E-state index contributed by atoms with van der Waals surface area (Å²) in [6, 6.07) is 12.2. The van der Waals surface area contributed by atoms with Gasteiger partial charge in [0.05, 0.1) is 18.4 Å². The van der Waals surface area contributed by atoms with E-state index in [0.717, 1.165) is 38.2 Å². The zero-order valence-electron chi connectivity index (χ0n) is 17.1. The van der Waals surface area contributed by atoms with Crippen molar-refractivity contribution in [2.75, 3.05) is 19.3 Å². The minimum Gasteiger partial charge on any atom is -0.318 e. The second kappa shape index (κ2) is 9.84. The van der Waals surface area contributed by atoms with Crippen LogP contribution in [0.25, 0.3) is 0 Å². The molecule has 0 aliphatic carbocycles. The molecule has 0 aliphatic rings. The second-order valence-electron chi connectivity index (χ2n) is 7.18. The molecular formula is C21H29N5O2S. The molecule has 0 aliphatic heterocycles. The van der Waals surface area contributed by atoms with Gasteiger partial charge in [-0.05, 0) is 31.0 Å². The molecule has 3 aromatic rings. The molecule has 29 heavy (non-hydrogen) atoms. The third-order valence-electron chi connectivity index (χ3n) is 4.96. The Morgan fingerprint density at radius 1 is 1.10 bits per heavy atom. The van der Waals surface area contributed by atoms with Crippen molar-refractivity contribution in [2.45, 2.75) is 44.6 Å². The van der Waals surface area contributed by atoms with Crippen LogP contribution in [0.1, 0.15) is 24.6 Å². The normalized spacial score (nSPS) is 12.0. The van der Waals surface area contributed by atoms with Crippen LogP contribution in [0.2, 0.25) is 0 Å². The highest BCUT2D eigenvalue weighted by atomic mass is 32.2. The molecule has 0 atom stereocenters. The third-order valence-corrected chi connectivity index (χ3v) is 5.95. The zero-order valence-corrected chi connectivity index (χ0v) is 17.9. The first-order valence-corrected chi connectivity index (χ1v) is 11.8. The average Bonchev–Trinajstić information content (AvgIpc) is 3.35. The summed E-state index contributed by atoms with van der Waals surface area (Å²) in [5, 5.41) is 4.40. The van der Waals surface area contributed by atoms with Crippen molar-refractivity contribution in [1.29, 1.82) is 0 Å². The molecule has 0 bridgehead atoms. The number of likely N-dealkylation sites (N-methyl/N-ethyl adjacent to an activating group) is 1. The first kappa shape index (κ1) is 21.3. The number of hydrogen-bond acceptors (Lipinski definition) is 5. The summed E-state index contributed by atoms with van der Waals surface area (Å²) in [5.74, 6) is 0. The largest absolute Gasteiger partial charge is 0.318 e. The number of imidazole rings is 1. The lowest BCUT2D eigenvalue weighted by Gasteiger charge is -2.21. The monoisotopic (exact) mass is 415 g/mol. The molecule has 156 valence electrons. The summed E-state index contributed by atoms with van der Waals surface area (Å²) in [4.78, 5) is 6.52. The van der Waals surface area contributed by atoms with Gasteiger partial charge in [-0.2, -0.15) is 5.10 Å². The summed E-state index contributed by atoms with van der Waals surface area (Å²) < 4.78 is 28.2. The lowest BCUT2D eigenvalue weighted by molar-refractivity contribution is 0.255. The first-order chi connectivity index (χ1) is 14.0. The Kier molecular flexibility index (Phi) is 7.22. The van der Waals surface area contributed by atoms with Crippen LogP contribution in [0.3, 0.4) is 0 Å². The minimum absolute atomic E-state index is 0.156. The maximum absolute atomic E-state index is 12.2. The van der Waals surface area contributed by atoms with Gasteiger partial charge in [-0.15, -0.1) is 0 Å². The van der Waals surface area contributed by atoms with Gasteiger partial charge in [0, 0.05) is 38.3 Å². The van der Waals surface area contributed by atoms with E-state index in [-0.39, 0.29) is 5.16 Å². The number of aromatic nitrogens is 4. The van der Waals surface area contributed by atoms with Crippen molar-refractivity contribution < 1.29 is 8.42 Å². The fourth-order valence-corrected chi connectivity index (χ4v) is 4.25. The van der Waals surface area contributed by atoms with E-state index in [1.165, 1.54) is 11.8 Å². The lowest BCUT2D eigenvalue weighted by Crippen LogP contribution is -2.28. The minimum atomic E-state index is -3.38. The molecule has 0 N–H and O–H groups in total. The van der Waals surface area contributed by atoms with Gasteiger partial charge in [0.15, 0.2) is 0 Å². The molecule has 2 heterocycles. The van der Waals surface area contributed by atoms with E-state index in [2.05, 4.69) is 34.0 Å². The predicted octanol–water partition coefficient (Wildman–Crippen LogP) is 2.64. The molecule has 0 radical (unpaired) electrons. The van der Waals surface area contributed by atoms with Crippen molar-refractivity contribution in [2.24, 2.45) is 0 Å².